The minimum Gasteiger partial charge on any atom is -0.345 e. The van der Waals surface area contributed by atoms with Gasteiger partial charge in [0, 0.05) is 61.3 Å². The minimum atomic E-state index is -1.13. The highest BCUT2D eigenvalue weighted by atomic mass is 35.5. The summed E-state index contributed by atoms with van der Waals surface area (Å²) in [5, 5.41) is 3.66. The maximum absolute atomic E-state index is 16.1. The lowest BCUT2D eigenvalue weighted by atomic mass is 9.73. The van der Waals surface area contributed by atoms with Gasteiger partial charge in [-0.2, -0.15) is 0 Å². The Morgan fingerprint density at radius 1 is 1.07 bits per heavy atom. The van der Waals surface area contributed by atoms with Gasteiger partial charge in [-0.1, -0.05) is 41.4 Å². The van der Waals surface area contributed by atoms with E-state index in [2.05, 4.69) is 14.8 Å². The number of benzene rings is 3. The Morgan fingerprint density at radius 2 is 1.84 bits per heavy atom. The van der Waals surface area contributed by atoms with Crippen molar-refractivity contribution in [3.63, 3.8) is 0 Å². The zero-order chi connectivity index (χ0) is 30.9. The first-order valence-electron chi connectivity index (χ1n) is 15.1. The van der Waals surface area contributed by atoms with E-state index in [0.29, 0.717) is 39.8 Å². The number of hydrogen-bond donors (Lipinski definition) is 1. The fraction of sp³-hybridized carbons (Fsp3) is 0.382. The van der Waals surface area contributed by atoms with Crippen molar-refractivity contribution in [2.24, 2.45) is 5.92 Å². The summed E-state index contributed by atoms with van der Waals surface area (Å²) in [4.78, 5) is 36.4. The third-order valence-electron chi connectivity index (χ3n) is 9.76. The van der Waals surface area contributed by atoms with Gasteiger partial charge in [-0.05, 0) is 80.1 Å². The van der Waals surface area contributed by atoms with Gasteiger partial charge >= 0.3 is 0 Å². The first-order valence-corrected chi connectivity index (χ1v) is 15.8. The standard InChI is InChI=1S/C34H34Cl2FN5O2/c1-34(33(44)38-22-7-4-6-21(35)17-22)29(23-8-5-9-24(36)30(23)37)28-27(42(34)18-19-10-11-19)14-15-41-26-13-12-20(32(43)40(2)3)16-25(26)39-31(28)41/h4-9,12-13,16-17,19,27-29H,10-11,14-15,18H2,1-3H3,(H,38,44)/t27-,28+,29-,34+/m0/s1. The van der Waals surface area contributed by atoms with Crippen LogP contribution in [0.2, 0.25) is 10.0 Å². The molecule has 1 saturated carbocycles. The molecule has 228 valence electrons. The number of rotatable bonds is 6. The van der Waals surface area contributed by atoms with Gasteiger partial charge in [0.15, 0.2) is 0 Å². The van der Waals surface area contributed by atoms with Gasteiger partial charge in [-0.15, -0.1) is 0 Å². The predicted octanol–water partition coefficient (Wildman–Crippen LogP) is 6.95. The Bertz CT molecular complexity index is 1800. The minimum absolute atomic E-state index is 0.0217. The van der Waals surface area contributed by atoms with Crippen molar-refractivity contribution in [3.05, 3.63) is 93.5 Å². The molecule has 2 amide bonds. The second-order valence-corrected chi connectivity index (χ2v) is 13.6. The first-order chi connectivity index (χ1) is 21.1. The molecule has 0 radical (unpaired) electrons. The van der Waals surface area contributed by atoms with Crippen LogP contribution in [0.3, 0.4) is 0 Å². The second kappa shape index (κ2) is 10.9. The van der Waals surface area contributed by atoms with Crippen molar-refractivity contribution < 1.29 is 14.0 Å². The number of fused-ring (bicyclic) bond motifs is 5. The number of anilines is 1. The van der Waals surface area contributed by atoms with Gasteiger partial charge < -0.3 is 14.8 Å². The molecule has 0 bridgehead atoms. The Kier molecular flexibility index (Phi) is 7.22. The average Bonchev–Trinajstić information content (AvgIpc) is 3.69. The number of imidazole rings is 1. The third-order valence-corrected chi connectivity index (χ3v) is 10.3. The van der Waals surface area contributed by atoms with E-state index in [-0.39, 0.29) is 28.8 Å². The highest BCUT2D eigenvalue weighted by Gasteiger charge is 2.63. The largest absolute Gasteiger partial charge is 0.345 e. The van der Waals surface area contributed by atoms with Gasteiger partial charge in [-0.3, -0.25) is 14.5 Å². The van der Waals surface area contributed by atoms with E-state index in [1.165, 1.54) is 6.07 Å². The molecule has 1 aromatic heterocycles. The first kappa shape index (κ1) is 29.3. The molecule has 3 aliphatic rings. The molecular formula is C34H34Cl2FN5O2. The summed E-state index contributed by atoms with van der Waals surface area (Å²) in [6.45, 7) is 3.38. The molecule has 1 aliphatic carbocycles. The number of carbonyl (C=O) groups is 2. The van der Waals surface area contributed by atoms with Crippen molar-refractivity contribution in [3.8, 4) is 0 Å². The van der Waals surface area contributed by atoms with Crippen LogP contribution < -0.4 is 5.32 Å². The Labute approximate surface area is 265 Å². The maximum Gasteiger partial charge on any atom is 0.253 e. The molecule has 1 N–H and O–H groups in total. The number of halogens is 3. The van der Waals surface area contributed by atoms with Crippen LogP contribution in [0.5, 0.6) is 0 Å². The van der Waals surface area contributed by atoms with E-state index >= 15 is 4.39 Å². The van der Waals surface area contributed by atoms with Gasteiger partial charge in [0.05, 0.1) is 16.1 Å². The van der Waals surface area contributed by atoms with Crippen molar-refractivity contribution in [1.82, 2.24) is 19.4 Å². The van der Waals surface area contributed by atoms with E-state index in [1.807, 2.05) is 25.1 Å². The van der Waals surface area contributed by atoms with E-state index in [1.54, 1.807) is 55.4 Å². The van der Waals surface area contributed by atoms with Crippen molar-refractivity contribution in [2.45, 2.75) is 56.1 Å². The average molecular weight is 635 g/mol. The molecule has 2 aliphatic heterocycles. The fourth-order valence-corrected chi connectivity index (χ4v) is 7.86. The van der Waals surface area contributed by atoms with Crippen molar-refractivity contribution in [2.75, 3.05) is 26.0 Å². The quantitative estimate of drug-likeness (QED) is 0.249. The van der Waals surface area contributed by atoms with Crippen LogP contribution in [-0.4, -0.2) is 63.4 Å². The van der Waals surface area contributed by atoms with Crippen molar-refractivity contribution in [1.29, 1.82) is 0 Å². The van der Waals surface area contributed by atoms with Crippen LogP contribution >= 0.6 is 23.2 Å². The zero-order valence-corrected chi connectivity index (χ0v) is 26.4. The van der Waals surface area contributed by atoms with Gasteiger partial charge in [0.25, 0.3) is 5.91 Å². The molecule has 10 heteroatoms. The Hall–Kier alpha value is -3.46. The fourth-order valence-electron chi connectivity index (χ4n) is 7.49. The number of nitrogens with zero attached hydrogens (tertiary/aromatic N) is 4. The van der Waals surface area contributed by atoms with Gasteiger partial charge in [0.1, 0.15) is 17.2 Å². The third kappa shape index (κ3) is 4.70. The normalized spacial score (nSPS) is 24.6. The maximum atomic E-state index is 16.1. The Balaban J connectivity index is 1.42. The number of nitrogens with one attached hydrogen (secondary N) is 1. The number of aryl methyl sites for hydroxylation is 1. The highest BCUT2D eigenvalue weighted by molar-refractivity contribution is 6.31. The molecule has 3 aromatic carbocycles. The molecule has 7 rings (SSSR count). The van der Waals surface area contributed by atoms with Crippen LogP contribution in [-0.2, 0) is 11.3 Å². The molecule has 3 heterocycles. The number of likely N-dealkylation sites (tertiary alicyclic amines) is 1. The van der Waals surface area contributed by atoms with Crippen LogP contribution in [0, 0.1) is 11.7 Å². The summed E-state index contributed by atoms with van der Waals surface area (Å²) < 4.78 is 18.3. The lowest BCUT2D eigenvalue weighted by Crippen LogP contribution is -2.56. The van der Waals surface area contributed by atoms with Crippen molar-refractivity contribution >= 4 is 51.7 Å². The summed E-state index contributed by atoms with van der Waals surface area (Å²) >= 11 is 12.7. The SMILES string of the molecule is CN(C)C(=O)c1ccc2c(c1)nc1n2CC[C@H]2[C@@H]1[C@H](c1cccc(Cl)c1F)[C@](C)(C(=O)Nc1cccc(Cl)c1)N2CC1CC1. The summed E-state index contributed by atoms with van der Waals surface area (Å²) in [5.74, 6) is -0.446. The summed E-state index contributed by atoms with van der Waals surface area (Å²) in [6, 6.07) is 17.7. The second-order valence-electron chi connectivity index (χ2n) is 12.7. The summed E-state index contributed by atoms with van der Waals surface area (Å²) in [7, 11) is 3.45. The predicted molar refractivity (Wildman–Crippen MR) is 171 cm³/mol. The van der Waals surface area contributed by atoms with Gasteiger partial charge in [-0.25, -0.2) is 9.37 Å². The number of amides is 2. The highest BCUT2D eigenvalue weighted by Crippen LogP contribution is 2.58. The molecule has 0 unspecified atom stereocenters. The smallest absolute Gasteiger partial charge is 0.253 e. The monoisotopic (exact) mass is 633 g/mol. The van der Waals surface area contributed by atoms with Crippen LogP contribution in [0.4, 0.5) is 10.1 Å². The molecular weight excluding hydrogens is 600 g/mol. The number of carbonyl (C=O) groups excluding carboxylic acids is 2. The molecule has 4 aromatic rings. The van der Waals surface area contributed by atoms with Crippen LogP contribution in [0.1, 0.15) is 59.8 Å². The molecule has 1 saturated heterocycles. The zero-order valence-electron chi connectivity index (χ0n) is 24.9. The molecule has 0 spiro atoms. The van der Waals surface area contributed by atoms with E-state index in [9.17, 15) is 9.59 Å². The summed E-state index contributed by atoms with van der Waals surface area (Å²) in [5.41, 5.74) is 2.04. The molecule has 2 fully saturated rings. The topological polar surface area (TPSA) is 70.5 Å². The van der Waals surface area contributed by atoms with Crippen LogP contribution in [0.15, 0.2) is 60.7 Å². The van der Waals surface area contributed by atoms with Crippen LogP contribution in [0.25, 0.3) is 11.0 Å². The van der Waals surface area contributed by atoms with E-state index in [4.69, 9.17) is 28.2 Å². The molecule has 7 nitrogen and oxygen atoms in total. The lowest BCUT2D eigenvalue weighted by Gasteiger charge is -2.40. The number of aromatic nitrogens is 2. The van der Waals surface area contributed by atoms with E-state index < -0.39 is 17.3 Å². The molecule has 4 atom stereocenters. The Morgan fingerprint density at radius 3 is 2.57 bits per heavy atom. The summed E-state index contributed by atoms with van der Waals surface area (Å²) in [6.07, 6.45) is 2.99. The number of hydrogen-bond acceptors (Lipinski definition) is 4. The van der Waals surface area contributed by atoms with E-state index in [0.717, 1.165) is 37.1 Å². The van der Waals surface area contributed by atoms with Gasteiger partial charge in [0.2, 0.25) is 5.91 Å². The molecule has 44 heavy (non-hydrogen) atoms. The lowest BCUT2D eigenvalue weighted by molar-refractivity contribution is -0.127.